The van der Waals surface area contributed by atoms with Gasteiger partial charge in [0.15, 0.2) is 0 Å². The van der Waals surface area contributed by atoms with Gasteiger partial charge in [-0.25, -0.2) is 4.79 Å². The maximum atomic E-state index is 10.4. The molecule has 2 nitrogen and oxygen atoms in total. The van der Waals surface area contributed by atoms with Gasteiger partial charge in [-0.15, -0.1) is 0 Å². The summed E-state index contributed by atoms with van der Waals surface area (Å²) >= 11 is 0. The third-order valence-electron chi connectivity index (χ3n) is 2.00. The van der Waals surface area contributed by atoms with Crippen LogP contribution in [0, 0.1) is 0 Å². The van der Waals surface area contributed by atoms with Crippen LogP contribution in [0.25, 0.3) is 0 Å². The normalized spacial score (nSPS) is 17.5. The average molecular weight is 173 g/mol. The van der Waals surface area contributed by atoms with Crippen LogP contribution in [0.4, 0.5) is 0 Å². The highest BCUT2D eigenvalue weighted by Crippen LogP contribution is 2.61. The van der Waals surface area contributed by atoms with E-state index in [1.165, 1.54) is 0 Å². The molecule has 0 aliphatic carbocycles. The summed E-state index contributed by atoms with van der Waals surface area (Å²) in [4.78, 5) is 10.4. The molecule has 0 aliphatic heterocycles. The lowest BCUT2D eigenvalue weighted by molar-refractivity contribution is -0.134. The zero-order valence-corrected chi connectivity index (χ0v) is 8.48. The van der Waals surface area contributed by atoms with Gasteiger partial charge in [-0.1, -0.05) is 0 Å². The predicted molar refractivity (Wildman–Crippen MR) is 50.9 cm³/mol. The fourth-order valence-electron chi connectivity index (χ4n) is 0.518. The topological polar surface area (TPSA) is 37.3 Å². The van der Waals surface area contributed by atoms with E-state index in [0.717, 1.165) is 0 Å². The number of hydrogen-bond donors (Lipinski definition) is 1. The Hall–Kier alpha value is -0.0351. The van der Waals surface area contributed by atoms with Gasteiger partial charge in [-0.05, 0) is 27.9 Å². The lowest BCUT2D eigenvalue weighted by Gasteiger charge is -2.31. The highest BCUT2D eigenvalue weighted by Gasteiger charge is 2.41. The van der Waals surface area contributed by atoms with Gasteiger partial charge >= 0.3 is 13.5 Å². The first-order valence-corrected chi connectivity index (χ1v) is 6.02. The molecule has 0 spiro atoms. The lowest BCUT2D eigenvalue weighted by atomic mass is 10.3. The SMILES string of the molecule is [B][P+](C)(CC(=O)O)C(C)(C)C. The largest absolute Gasteiger partial charge is 0.479 e. The van der Waals surface area contributed by atoms with Crippen molar-refractivity contribution < 1.29 is 9.90 Å². The minimum atomic E-state index is -1.78. The minimum Gasteiger partial charge on any atom is -0.479 e. The number of rotatable bonds is 2. The molecule has 0 amide bonds. The van der Waals surface area contributed by atoms with Gasteiger partial charge in [0.05, 0.1) is 5.16 Å². The molecule has 1 atom stereocenters. The number of aliphatic carboxylic acids is 1. The van der Waals surface area contributed by atoms with E-state index in [1.807, 2.05) is 27.4 Å². The van der Waals surface area contributed by atoms with Crippen molar-refractivity contribution in [1.29, 1.82) is 0 Å². The summed E-state index contributed by atoms with van der Waals surface area (Å²) in [5.41, 5.74) is 0. The molecule has 11 heavy (non-hydrogen) atoms. The molecule has 0 aromatic heterocycles. The second kappa shape index (κ2) is 3.14. The minimum absolute atomic E-state index is 0.0641. The monoisotopic (exact) mass is 173 g/mol. The van der Waals surface area contributed by atoms with E-state index in [-0.39, 0.29) is 11.3 Å². The van der Waals surface area contributed by atoms with E-state index in [9.17, 15) is 4.79 Å². The van der Waals surface area contributed by atoms with Crippen LogP contribution in [0.1, 0.15) is 20.8 Å². The summed E-state index contributed by atoms with van der Waals surface area (Å²) in [6, 6.07) is 0. The first-order chi connectivity index (χ1) is 4.67. The van der Waals surface area contributed by atoms with E-state index in [4.69, 9.17) is 12.7 Å². The zero-order valence-electron chi connectivity index (χ0n) is 7.59. The molecule has 1 unspecified atom stereocenters. The second-order valence-corrected chi connectivity index (χ2v) is 8.18. The number of carboxylic acids is 1. The van der Waals surface area contributed by atoms with Crippen molar-refractivity contribution in [1.82, 2.24) is 0 Å². The summed E-state index contributed by atoms with van der Waals surface area (Å²) in [6.07, 6.45) is 0.122. The highest BCUT2D eigenvalue weighted by atomic mass is 31.2. The maximum absolute atomic E-state index is 10.4. The Morgan fingerprint density at radius 3 is 2.00 bits per heavy atom. The molecule has 0 aromatic rings. The van der Waals surface area contributed by atoms with Gasteiger partial charge in [0.1, 0.15) is 6.16 Å². The standard InChI is InChI=1S/C7H15BO2P/c1-7(2,3)11(4,8)5-6(9)10/h5H2,1-4H3,(H,9,10)/q+1. The molecule has 2 radical (unpaired) electrons. The smallest absolute Gasteiger partial charge is 0.366 e. The van der Waals surface area contributed by atoms with Gasteiger partial charge in [0.25, 0.3) is 0 Å². The van der Waals surface area contributed by atoms with Crippen molar-refractivity contribution >= 4 is 20.7 Å². The van der Waals surface area contributed by atoms with Crippen LogP contribution in [-0.4, -0.2) is 36.6 Å². The maximum Gasteiger partial charge on any atom is 0.366 e. The van der Waals surface area contributed by atoms with Crippen LogP contribution in [0.15, 0.2) is 0 Å². The summed E-state index contributed by atoms with van der Waals surface area (Å²) in [5, 5.41) is 8.50. The fraction of sp³-hybridized carbons (Fsp3) is 0.857. The molecule has 0 rings (SSSR count). The Labute approximate surface area is 70.1 Å². The third-order valence-corrected chi connectivity index (χ3v) is 5.99. The molecule has 0 aliphatic rings. The zero-order chi connectivity index (χ0) is 9.28. The van der Waals surface area contributed by atoms with Gasteiger partial charge in [-0.2, -0.15) is 0 Å². The lowest BCUT2D eigenvalue weighted by Crippen LogP contribution is -2.25. The van der Waals surface area contributed by atoms with E-state index in [0.29, 0.717) is 0 Å². The Morgan fingerprint density at radius 2 is 1.91 bits per heavy atom. The highest BCUT2D eigenvalue weighted by molar-refractivity contribution is 7.98. The van der Waals surface area contributed by atoms with E-state index >= 15 is 0 Å². The van der Waals surface area contributed by atoms with E-state index < -0.39 is 13.1 Å². The summed E-state index contributed by atoms with van der Waals surface area (Å²) in [5.74, 6) is -0.793. The third kappa shape index (κ3) is 3.24. The molecule has 0 fully saturated rings. The summed E-state index contributed by atoms with van der Waals surface area (Å²) in [6.45, 7) is 7.85. The predicted octanol–water partition coefficient (Wildman–Crippen LogP) is 1.60. The molecule has 0 aromatic carbocycles. The van der Waals surface area contributed by atoms with Crippen molar-refractivity contribution in [2.75, 3.05) is 12.8 Å². The van der Waals surface area contributed by atoms with Crippen LogP contribution in [-0.2, 0) is 4.79 Å². The number of carbonyl (C=O) groups is 1. The van der Waals surface area contributed by atoms with Crippen molar-refractivity contribution in [3.8, 4) is 0 Å². The van der Waals surface area contributed by atoms with Crippen LogP contribution in [0.2, 0.25) is 0 Å². The van der Waals surface area contributed by atoms with Crippen molar-refractivity contribution in [2.45, 2.75) is 25.9 Å². The molecule has 62 valence electrons. The van der Waals surface area contributed by atoms with Crippen molar-refractivity contribution in [2.24, 2.45) is 0 Å². The molecule has 0 heterocycles. The Bertz CT molecular complexity index is 160. The first-order valence-electron chi connectivity index (χ1n) is 3.53. The fourth-order valence-corrected chi connectivity index (χ4v) is 1.55. The quantitative estimate of drug-likeness (QED) is 0.508. The van der Waals surface area contributed by atoms with Crippen LogP contribution >= 0.6 is 7.14 Å². The Morgan fingerprint density at radius 1 is 1.55 bits per heavy atom. The molecule has 4 heteroatoms. The first kappa shape index (κ1) is 11.0. The van der Waals surface area contributed by atoms with E-state index in [1.54, 1.807) is 0 Å². The van der Waals surface area contributed by atoms with Crippen molar-refractivity contribution in [3.63, 3.8) is 0 Å². The van der Waals surface area contributed by atoms with Gasteiger partial charge in [0, 0.05) is 6.66 Å². The molecule has 0 saturated carbocycles. The van der Waals surface area contributed by atoms with Gasteiger partial charge in [0.2, 0.25) is 0 Å². The van der Waals surface area contributed by atoms with E-state index in [2.05, 4.69) is 0 Å². The average Bonchev–Trinajstić information content (AvgIpc) is 1.56. The summed E-state index contributed by atoms with van der Waals surface area (Å²) in [7, 11) is 4.14. The molecule has 1 N–H and O–H groups in total. The molecular weight excluding hydrogens is 158 g/mol. The Balaban J connectivity index is 4.34. The number of carboxylic acid groups (broad SMARTS) is 1. The van der Waals surface area contributed by atoms with Gasteiger partial charge < -0.3 is 5.11 Å². The van der Waals surface area contributed by atoms with Crippen LogP contribution in [0.5, 0.6) is 0 Å². The van der Waals surface area contributed by atoms with Gasteiger partial charge in [-0.3, -0.25) is 0 Å². The Kier molecular flexibility index (Phi) is 3.13. The molecule has 0 saturated heterocycles. The second-order valence-electron chi connectivity index (χ2n) is 3.99. The summed E-state index contributed by atoms with van der Waals surface area (Å²) < 4.78 is 0. The van der Waals surface area contributed by atoms with Crippen LogP contribution < -0.4 is 0 Å². The van der Waals surface area contributed by atoms with Crippen molar-refractivity contribution in [3.05, 3.63) is 0 Å². The number of hydrogen-bond acceptors (Lipinski definition) is 1. The van der Waals surface area contributed by atoms with Crippen LogP contribution in [0.3, 0.4) is 0 Å². The molecular formula is C7H15BO2P+. The molecule has 0 bridgehead atoms.